The Kier molecular flexibility index (Phi) is 5.17. The van der Waals surface area contributed by atoms with E-state index in [1.165, 1.54) is 30.3 Å². The van der Waals surface area contributed by atoms with Gasteiger partial charge in [0.05, 0.1) is 13.1 Å². The highest BCUT2D eigenvalue weighted by molar-refractivity contribution is 7.88. The Morgan fingerprint density at radius 1 is 1.17 bits per heavy atom. The van der Waals surface area contributed by atoms with Crippen LogP contribution in [0.15, 0.2) is 34.9 Å². The molecule has 7 heteroatoms. The van der Waals surface area contributed by atoms with E-state index in [9.17, 15) is 12.8 Å². The number of nitrogens with zero attached hydrogens (tertiary/aromatic N) is 2. The molecular formula is C16H13FN2O3S. The van der Waals surface area contributed by atoms with Crippen LogP contribution >= 0.6 is 0 Å². The van der Waals surface area contributed by atoms with Crippen LogP contribution in [0.4, 0.5) is 4.39 Å². The number of sulfonamides is 1. The van der Waals surface area contributed by atoms with Gasteiger partial charge in [-0.05, 0) is 24.3 Å². The van der Waals surface area contributed by atoms with Crippen LogP contribution in [0.2, 0.25) is 0 Å². The van der Waals surface area contributed by atoms with Crippen molar-refractivity contribution < 1.29 is 17.3 Å². The van der Waals surface area contributed by atoms with Crippen molar-refractivity contribution >= 4 is 10.0 Å². The molecule has 23 heavy (non-hydrogen) atoms. The number of benzene rings is 1. The summed E-state index contributed by atoms with van der Waals surface area (Å²) in [5.74, 6) is 3.85. The molecule has 0 saturated carbocycles. The minimum absolute atomic E-state index is 0.120. The summed E-state index contributed by atoms with van der Waals surface area (Å²) in [7, 11) is -3.72. The van der Waals surface area contributed by atoms with Crippen LogP contribution in [0.3, 0.4) is 0 Å². The van der Waals surface area contributed by atoms with Crippen molar-refractivity contribution in [2.24, 2.45) is 0 Å². The van der Waals surface area contributed by atoms with Gasteiger partial charge in [0.2, 0.25) is 10.0 Å². The monoisotopic (exact) mass is 332 g/mol. The molecule has 0 unspecified atom stereocenters. The van der Waals surface area contributed by atoms with Crippen molar-refractivity contribution in [2.75, 3.05) is 13.1 Å². The maximum Gasteiger partial charge on any atom is 0.223 e. The van der Waals surface area contributed by atoms with E-state index >= 15 is 0 Å². The Morgan fingerprint density at radius 2 is 1.78 bits per heavy atom. The Hall–Kier alpha value is -2.61. The van der Waals surface area contributed by atoms with Crippen LogP contribution < -0.4 is 0 Å². The van der Waals surface area contributed by atoms with E-state index in [4.69, 9.17) is 17.4 Å². The van der Waals surface area contributed by atoms with Crippen molar-refractivity contribution in [2.45, 2.75) is 5.75 Å². The van der Waals surface area contributed by atoms with E-state index in [1.807, 2.05) is 0 Å². The third-order valence-corrected chi connectivity index (χ3v) is 4.65. The van der Waals surface area contributed by atoms with Crippen LogP contribution in [-0.2, 0) is 15.8 Å². The molecule has 0 fully saturated rings. The van der Waals surface area contributed by atoms with Gasteiger partial charge in [-0.2, -0.15) is 4.31 Å². The Bertz CT molecular complexity index is 842. The van der Waals surface area contributed by atoms with Crippen molar-refractivity contribution in [3.05, 3.63) is 41.9 Å². The number of aromatic nitrogens is 1. The highest BCUT2D eigenvalue weighted by Gasteiger charge is 2.23. The molecule has 0 atom stereocenters. The fourth-order valence-electron chi connectivity index (χ4n) is 1.86. The molecule has 1 aromatic carbocycles. The average Bonchev–Trinajstić information content (AvgIpc) is 2.95. The van der Waals surface area contributed by atoms with Gasteiger partial charge < -0.3 is 4.52 Å². The van der Waals surface area contributed by atoms with Crippen LogP contribution in [-0.4, -0.2) is 31.0 Å². The van der Waals surface area contributed by atoms with Gasteiger partial charge in [-0.15, -0.1) is 12.8 Å². The largest absolute Gasteiger partial charge is 0.360 e. The summed E-state index contributed by atoms with van der Waals surface area (Å²) in [5.41, 5.74) is 1.03. The summed E-state index contributed by atoms with van der Waals surface area (Å²) < 4.78 is 43.5. The maximum atomic E-state index is 12.9. The molecule has 5 nitrogen and oxygen atoms in total. The standard InChI is InChI=1S/C16H13FN2O3S/c1-3-9-19(10-4-2)23(20,21)12-15-11-16(18-22-15)13-5-7-14(17)8-6-13/h1-2,5-8,11H,9-10,12H2. The predicted molar refractivity (Wildman–Crippen MR) is 83.8 cm³/mol. The van der Waals surface area contributed by atoms with Crippen molar-refractivity contribution in [1.82, 2.24) is 9.46 Å². The molecule has 0 aliphatic heterocycles. The fourth-order valence-corrected chi connectivity index (χ4v) is 3.09. The summed E-state index contributed by atoms with van der Waals surface area (Å²) in [4.78, 5) is 0. The molecule has 0 saturated heterocycles. The topological polar surface area (TPSA) is 63.4 Å². The molecular weight excluding hydrogens is 319 g/mol. The highest BCUT2D eigenvalue weighted by Crippen LogP contribution is 2.21. The first-order valence-corrected chi connectivity index (χ1v) is 8.13. The minimum Gasteiger partial charge on any atom is -0.360 e. The second-order valence-corrected chi connectivity index (χ2v) is 6.59. The van der Waals surface area contributed by atoms with Crippen LogP contribution in [0.5, 0.6) is 0 Å². The molecule has 2 aromatic rings. The molecule has 1 heterocycles. The van der Waals surface area contributed by atoms with Gasteiger partial charge in [-0.3, -0.25) is 0 Å². The summed E-state index contributed by atoms with van der Waals surface area (Å²) >= 11 is 0. The summed E-state index contributed by atoms with van der Waals surface area (Å²) in [5, 5.41) is 3.79. The minimum atomic E-state index is -3.72. The van der Waals surface area contributed by atoms with Gasteiger partial charge in [0.15, 0.2) is 5.76 Å². The molecule has 118 valence electrons. The number of hydrogen-bond acceptors (Lipinski definition) is 4. The van der Waals surface area contributed by atoms with Gasteiger partial charge in [0.25, 0.3) is 0 Å². The molecule has 0 bridgehead atoms. The molecule has 0 radical (unpaired) electrons. The second kappa shape index (κ2) is 7.10. The van der Waals surface area contributed by atoms with Gasteiger partial charge in [-0.1, -0.05) is 17.0 Å². The van der Waals surface area contributed by atoms with E-state index in [1.54, 1.807) is 0 Å². The third-order valence-electron chi connectivity index (χ3n) is 2.95. The normalized spacial score (nSPS) is 11.1. The van der Waals surface area contributed by atoms with E-state index in [-0.39, 0.29) is 24.7 Å². The quantitative estimate of drug-likeness (QED) is 0.758. The first-order chi connectivity index (χ1) is 11.0. The van der Waals surface area contributed by atoms with Gasteiger partial charge >= 0.3 is 0 Å². The summed E-state index contributed by atoms with van der Waals surface area (Å²) in [6.45, 7) is -0.239. The smallest absolute Gasteiger partial charge is 0.223 e. The lowest BCUT2D eigenvalue weighted by molar-refractivity contribution is 0.390. The first-order valence-electron chi connectivity index (χ1n) is 6.52. The Morgan fingerprint density at radius 3 is 2.35 bits per heavy atom. The van der Waals surface area contributed by atoms with Crippen LogP contribution in [0.1, 0.15) is 5.76 Å². The molecule has 0 spiro atoms. The zero-order valence-corrected chi connectivity index (χ0v) is 12.9. The molecule has 0 N–H and O–H groups in total. The lowest BCUT2D eigenvalue weighted by atomic mass is 10.1. The van der Waals surface area contributed by atoms with E-state index < -0.39 is 15.8 Å². The lowest BCUT2D eigenvalue weighted by Crippen LogP contribution is -2.32. The van der Waals surface area contributed by atoms with Crippen LogP contribution in [0, 0.1) is 30.5 Å². The number of rotatable bonds is 6. The van der Waals surface area contributed by atoms with E-state index in [0.29, 0.717) is 11.3 Å². The van der Waals surface area contributed by atoms with Crippen molar-refractivity contribution in [1.29, 1.82) is 0 Å². The number of terminal acetylenes is 2. The Labute approximate surface area is 134 Å². The zero-order valence-electron chi connectivity index (χ0n) is 12.1. The van der Waals surface area contributed by atoms with Gasteiger partial charge in [0.1, 0.15) is 17.3 Å². The molecule has 1 aromatic heterocycles. The number of hydrogen-bond donors (Lipinski definition) is 0. The molecule has 0 aliphatic rings. The molecule has 0 amide bonds. The average molecular weight is 332 g/mol. The fraction of sp³-hybridized carbons (Fsp3) is 0.188. The maximum absolute atomic E-state index is 12.9. The summed E-state index contributed by atoms with van der Waals surface area (Å²) in [6, 6.07) is 7.08. The van der Waals surface area contributed by atoms with Crippen molar-refractivity contribution in [3.63, 3.8) is 0 Å². The van der Waals surface area contributed by atoms with Crippen molar-refractivity contribution in [3.8, 4) is 35.9 Å². The van der Waals surface area contributed by atoms with Crippen LogP contribution in [0.25, 0.3) is 11.3 Å². The lowest BCUT2D eigenvalue weighted by Gasteiger charge is -2.15. The zero-order chi connectivity index (χ0) is 16.9. The predicted octanol–water partition coefficient (Wildman–Crippen LogP) is 1.88. The first kappa shape index (κ1) is 16.8. The SMILES string of the molecule is C#CCN(CC#C)S(=O)(=O)Cc1cc(-c2ccc(F)cc2)no1. The summed E-state index contributed by atoms with van der Waals surface area (Å²) in [6.07, 6.45) is 10.3. The van der Waals surface area contributed by atoms with E-state index in [0.717, 1.165) is 4.31 Å². The molecule has 0 aliphatic carbocycles. The second-order valence-electron chi connectivity index (χ2n) is 4.62. The molecule has 2 rings (SSSR count). The third kappa shape index (κ3) is 4.19. The Balaban J connectivity index is 2.19. The highest BCUT2D eigenvalue weighted by atomic mass is 32.2. The number of halogens is 1. The van der Waals surface area contributed by atoms with Gasteiger partial charge in [-0.25, -0.2) is 12.8 Å². The van der Waals surface area contributed by atoms with Gasteiger partial charge in [0, 0.05) is 11.6 Å². The van der Waals surface area contributed by atoms with E-state index in [2.05, 4.69) is 17.0 Å².